The average molecular weight is 468 g/mol. The van der Waals surface area contributed by atoms with Crippen LogP contribution in [-0.4, -0.2) is 33.0 Å². The number of carbonyl (C=O) groups excluding carboxylic acids is 1. The first-order valence-corrected chi connectivity index (χ1v) is 9.80. The first-order chi connectivity index (χ1) is 15.5. The zero-order valence-electron chi connectivity index (χ0n) is 17.1. The van der Waals surface area contributed by atoms with Gasteiger partial charge in [0, 0.05) is 19.0 Å². The minimum absolute atomic E-state index is 0.0405. The second-order valence-corrected chi connectivity index (χ2v) is 7.52. The van der Waals surface area contributed by atoms with Crippen molar-refractivity contribution in [2.45, 2.75) is 24.9 Å². The van der Waals surface area contributed by atoms with E-state index < -0.39 is 53.0 Å². The second-order valence-electron chi connectivity index (χ2n) is 7.52. The summed E-state index contributed by atoms with van der Waals surface area (Å²) in [6.45, 7) is -1.78. The number of halogens is 5. The molecule has 1 aromatic heterocycles. The number of benzene rings is 2. The maximum absolute atomic E-state index is 15.0. The van der Waals surface area contributed by atoms with Crippen LogP contribution in [-0.2, 0) is 7.05 Å². The minimum atomic E-state index is -4.76. The molecule has 1 saturated carbocycles. The number of nitrogens with zero attached hydrogens (tertiary/aromatic N) is 3. The molecule has 1 fully saturated rings. The van der Waals surface area contributed by atoms with Crippen LogP contribution < -0.4 is 15.7 Å². The van der Waals surface area contributed by atoms with Crippen LogP contribution >= 0.6 is 0 Å². The molecule has 4 rings (SSSR count). The van der Waals surface area contributed by atoms with Gasteiger partial charge in [0.1, 0.15) is 28.9 Å². The molecule has 0 spiro atoms. The van der Waals surface area contributed by atoms with E-state index >= 15 is 0 Å². The number of nitrogens with one attached hydrogen (secondary N) is 1. The van der Waals surface area contributed by atoms with Crippen molar-refractivity contribution in [3.63, 3.8) is 0 Å². The lowest BCUT2D eigenvalue weighted by Gasteiger charge is -2.15. The van der Waals surface area contributed by atoms with Crippen molar-refractivity contribution in [2.24, 2.45) is 7.05 Å². The zero-order valence-corrected chi connectivity index (χ0v) is 17.1. The molecular weight excluding hydrogens is 451 g/mol. The Morgan fingerprint density at radius 2 is 1.88 bits per heavy atom. The van der Waals surface area contributed by atoms with Gasteiger partial charge in [-0.05, 0) is 31.0 Å². The van der Waals surface area contributed by atoms with E-state index in [2.05, 4.69) is 10.4 Å². The van der Waals surface area contributed by atoms with Gasteiger partial charge in [0.25, 0.3) is 5.91 Å². The van der Waals surface area contributed by atoms with Gasteiger partial charge < -0.3 is 10.1 Å². The highest BCUT2D eigenvalue weighted by molar-refractivity contribution is 6.06. The van der Waals surface area contributed by atoms with Gasteiger partial charge >= 0.3 is 11.9 Å². The number of ether oxygens (including phenoxy) is 1. The molecule has 3 aromatic rings. The predicted octanol–water partition coefficient (Wildman–Crippen LogP) is 3.92. The number of anilines is 1. The number of hydrogen-bond acceptors (Lipinski definition) is 4. The molecule has 1 heterocycles. The summed E-state index contributed by atoms with van der Waals surface area (Å²) in [6.07, 6.45) is -3.14. The summed E-state index contributed by atoms with van der Waals surface area (Å²) in [7, 11) is 1.45. The molecule has 1 aliphatic rings. The molecule has 0 saturated heterocycles. The van der Waals surface area contributed by atoms with Crippen molar-refractivity contribution in [3.8, 4) is 11.4 Å². The van der Waals surface area contributed by atoms with Crippen LogP contribution in [0.25, 0.3) is 5.69 Å². The van der Waals surface area contributed by atoms with Crippen molar-refractivity contribution in [2.75, 3.05) is 11.9 Å². The molecule has 12 heteroatoms. The molecule has 1 amide bonds. The summed E-state index contributed by atoms with van der Waals surface area (Å²) < 4.78 is 73.8. The Hall–Kier alpha value is -3.70. The predicted molar refractivity (Wildman–Crippen MR) is 107 cm³/mol. The van der Waals surface area contributed by atoms with Gasteiger partial charge in [-0.1, -0.05) is 12.1 Å². The van der Waals surface area contributed by atoms with Gasteiger partial charge in [-0.15, -0.1) is 5.10 Å². The maximum atomic E-state index is 15.0. The first kappa shape index (κ1) is 22.5. The number of alkyl halides is 3. The molecule has 0 unspecified atom stereocenters. The van der Waals surface area contributed by atoms with Crippen LogP contribution in [0.2, 0.25) is 0 Å². The van der Waals surface area contributed by atoms with Crippen LogP contribution in [0.4, 0.5) is 27.6 Å². The largest absolute Gasteiger partial charge is 0.483 e. The monoisotopic (exact) mass is 468 g/mol. The Labute approximate surface area is 183 Å². The molecule has 0 aliphatic heterocycles. The number of para-hydroxylation sites is 1. The van der Waals surface area contributed by atoms with Crippen LogP contribution in [0.3, 0.4) is 0 Å². The Bertz CT molecular complexity index is 1280. The van der Waals surface area contributed by atoms with Gasteiger partial charge in [0.2, 0.25) is 0 Å². The number of hydrogen-bond donors (Lipinski definition) is 1. The van der Waals surface area contributed by atoms with E-state index in [1.54, 1.807) is 0 Å². The Morgan fingerprint density at radius 1 is 1.18 bits per heavy atom. The highest BCUT2D eigenvalue weighted by Crippen LogP contribution is 2.38. The molecule has 0 bridgehead atoms. The van der Waals surface area contributed by atoms with Crippen molar-refractivity contribution >= 4 is 11.6 Å². The first-order valence-electron chi connectivity index (χ1n) is 9.80. The smallest absolute Gasteiger partial charge is 0.422 e. The lowest BCUT2D eigenvalue weighted by Crippen LogP contribution is -2.24. The number of rotatable bonds is 6. The van der Waals surface area contributed by atoms with E-state index in [1.807, 2.05) is 0 Å². The van der Waals surface area contributed by atoms with Gasteiger partial charge in [-0.2, -0.15) is 17.9 Å². The maximum Gasteiger partial charge on any atom is 0.422 e. The van der Waals surface area contributed by atoms with E-state index in [9.17, 15) is 31.5 Å². The Kier molecular flexibility index (Phi) is 5.68. The molecule has 1 aliphatic carbocycles. The summed E-state index contributed by atoms with van der Waals surface area (Å²) in [5, 5.41) is 6.27. The summed E-state index contributed by atoms with van der Waals surface area (Å²) in [5.74, 6) is -3.20. The van der Waals surface area contributed by atoms with Crippen molar-refractivity contribution in [1.29, 1.82) is 0 Å². The van der Waals surface area contributed by atoms with Crippen molar-refractivity contribution in [1.82, 2.24) is 14.3 Å². The molecule has 0 atom stereocenters. The number of carbonyl (C=O) groups is 1. The second kappa shape index (κ2) is 8.34. The van der Waals surface area contributed by atoms with Crippen molar-refractivity contribution < 1.29 is 31.5 Å². The molecule has 1 N–H and O–H groups in total. The Morgan fingerprint density at radius 3 is 2.52 bits per heavy atom. The highest BCUT2D eigenvalue weighted by atomic mass is 19.4. The van der Waals surface area contributed by atoms with E-state index in [0.717, 1.165) is 25.0 Å². The van der Waals surface area contributed by atoms with E-state index in [0.29, 0.717) is 16.6 Å². The molecule has 0 radical (unpaired) electrons. The summed E-state index contributed by atoms with van der Waals surface area (Å²) in [5.41, 5.74) is -2.07. The normalized spacial score (nSPS) is 13.8. The van der Waals surface area contributed by atoms with E-state index in [-0.39, 0.29) is 11.6 Å². The average Bonchev–Trinajstić information content (AvgIpc) is 3.55. The van der Waals surface area contributed by atoms with Gasteiger partial charge in [-0.3, -0.25) is 9.36 Å². The molecule has 174 valence electrons. The van der Waals surface area contributed by atoms with Gasteiger partial charge in [-0.25, -0.2) is 13.6 Å². The SMILES string of the molecule is Cn1c(C2CC2)nn(-c2cc(OCC(F)(F)F)c(C(=O)Nc3ccccc3F)cc2F)c1=O. The van der Waals surface area contributed by atoms with Crippen LogP contribution in [0.15, 0.2) is 41.2 Å². The third-order valence-corrected chi connectivity index (χ3v) is 4.99. The van der Waals surface area contributed by atoms with Crippen LogP contribution in [0.5, 0.6) is 5.75 Å². The number of amides is 1. The molecular formula is C21H17F5N4O3. The third kappa shape index (κ3) is 4.73. The van der Waals surface area contributed by atoms with Crippen molar-refractivity contribution in [3.05, 3.63) is 69.9 Å². The molecule has 33 heavy (non-hydrogen) atoms. The van der Waals surface area contributed by atoms with E-state index in [4.69, 9.17) is 4.74 Å². The summed E-state index contributed by atoms with van der Waals surface area (Å²) in [6, 6.07) is 6.50. The highest BCUT2D eigenvalue weighted by Gasteiger charge is 2.32. The van der Waals surface area contributed by atoms with Gasteiger partial charge in [0.15, 0.2) is 6.61 Å². The lowest BCUT2D eigenvalue weighted by atomic mass is 10.1. The molecule has 7 nitrogen and oxygen atoms in total. The summed E-state index contributed by atoms with van der Waals surface area (Å²) in [4.78, 5) is 25.2. The Balaban J connectivity index is 1.76. The lowest BCUT2D eigenvalue weighted by molar-refractivity contribution is -0.153. The minimum Gasteiger partial charge on any atom is -0.483 e. The summed E-state index contributed by atoms with van der Waals surface area (Å²) >= 11 is 0. The fourth-order valence-electron chi connectivity index (χ4n) is 3.22. The van der Waals surface area contributed by atoms with Crippen LogP contribution in [0, 0.1) is 11.6 Å². The quantitative estimate of drug-likeness (QED) is 0.557. The van der Waals surface area contributed by atoms with Gasteiger partial charge in [0.05, 0.1) is 11.3 Å². The molecule has 2 aromatic carbocycles. The topological polar surface area (TPSA) is 78.2 Å². The fourth-order valence-corrected chi connectivity index (χ4v) is 3.22. The van der Waals surface area contributed by atoms with E-state index in [1.165, 1.54) is 29.8 Å². The number of aromatic nitrogens is 3. The zero-order chi connectivity index (χ0) is 23.9. The fraction of sp³-hybridized carbons (Fsp3) is 0.286. The van der Waals surface area contributed by atoms with Crippen LogP contribution in [0.1, 0.15) is 34.9 Å². The standard InChI is InChI=1S/C21H17F5N4O3/c1-29-18(11-6-7-11)28-30(20(29)32)16-9-17(33-10-21(24,25)26)12(8-14(16)23)19(31)27-15-5-3-2-4-13(15)22/h2-5,8-9,11H,6-7,10H2,1H3,(H,27,31). The third-order valence-electron chi connectivity index (χ3n) is 4.99.